The first-order chi connectivity index (χ1) is 6.06. The Labute approximate surface area is 92.8 Å². The van der Waals surface area contributed by atoms with E-state index < -0.39 is 0 Å². The molecule has 0 aliphatic rings. The minimum absolute atomic E-state index is 0. The van der Waals surface area contributed by atoms with E-state index in [9.17, 15) is 9.90 Å². The summed E-state index contributed by atoms with van der Waals surface area (Å²) in [6, 6.07) is 0. The van der Waals surface area contributed by atoms with Gasteiger partial charge in [0.15, 0.2) is 10.7 Å². The number of hydrogen-bond donors (Lipinski definition) is 3. The summed E-state index contributed by atoms with van der Waals surface area (Å²) >= 11 is 4.70. The van der Waals surface area contributed by atoms with Crippen LogP contribution < -0.4 is 5.56 Å². The molecule has 1 aromatic rings. The molecule has 0 saturated heterocycles. The van der Waals surface area contributed by atoms with E-state index in [4.69, 9.17) is 12.2 Å². The van der Waals surface area contributed by atoms with Crippen molar-refractivity contribution < 1.29 is 5.11 Å². The molecule has 0 spiro atoms. The summed E-state index contributed by atoms with van der Waals surface area (Å²) in [6.45, 7) is 3.83. The lowest BCUT2D eigenvalue weighted by Crippen LogP contribution is -2.16. The molecule has 0 aliphatic heterocycles. The fourth-order valence-corrected chi connectivity index (χ4v) is 1.33. The molecule has 4 nitrogen and oxygen atoms in total. The van der Waals surface area contributed by atoms with Crippen LogP contribution in [0.15, 0.2) is 4.79 Å². The predicted molar refractivity (Wildman–Crippen MR) is 59.9 cm³/mol. The molecule has 1 atom stereocenters. The van der Waals surface area contributed by atoms with E-state index in [-0.39, 0.29) is 34.5 Å². The van der Waals surface area contributed by atoms with Crippen LogP contribution in [0.1, 0.15) is 31.7 Å². The second-order valence-electron chi connectivity index (χ2n) is 2.98. The van der Waals surface area contributed by atoms with E-state index in [1.807, 2.05) is 13.8 Å². The monoisotopic (exact) mass is 236 g/mol. The van der Waals surface area contributed by atoms with E-state index in [2.05, 4.69) is 9.97 Å². The molecule has 0 saturated carbocycles. The van der Waals surface area contributed by atoms with Gasteiger partial charge in [0.1, 0.15) is 0 Å². The minimum Gasteiger partial charge on any atom is -0.494 e. The van der Waals surface area contributed by atoms with Crippen molar-refractivity contribution in [3.8, 4) is 5.88 Å². The summed E-state index contributed by atoms with van der Waals surface area (Å²) in [5.74, 6) is -0.0984. The molecule has 0 aliphatic carbocycles. The van der Waals surface area contributed by atoms with Gasteiger partial charge in [-0.25, -0.2) is 0 Å². The third-order valence-corrected chi connectivity index (χ3v) is 2.27. The molecule has 1 rings (SSSR count). The summed E-state index contributed by atoms with van der Waals surface area (Å²) < 4.78 is 0.148. The van der Waals surface area contributed by atoms with Crippen molar-refractivity contribution in [2.45, 2.75) is 26.2 Å². The minimum atomic E-state index is -0.310. The molecule has 3 N–H and O–H groups in total. The van der Waals surface area contributed by atoms with Gasteiger partial charge in [-0.05, 0) is 24.6 Å². The standard InChI is InChI=1S/C8H12N2O2S.ClH/c1-3-4(2)5-6(11)9-8(13)10-7(5)12;/h4H,3H2,1-2H3,(H3,9,10,11,12,13);1H. The fraction of sp³-hybridized carbons (Fsp3) is 0.500. The second kappa shape index (κ2) is 5.17. The number of aromatic amines is 2. The zero-order chi connectivity index (χ0) is 10.0. The molecule has 1 heterocycles. The maximum atomic E-state index is 11.4. The molecule has 0 radical (unpaired) electrons. The molecule has 1 unspecified atom stereocenters. The van der Waals surface area contributed by atoms with Gasteiger partial charge in [0.25, 0.3) is 5.56 Å². The Morgan fingerprint density at radius 2 is 2.07 bits per heavy atom. The van der Waals surface area contributed by atoms with Crippen molar-refractivity contribution in [2.75, 3.05) is 0 Å². The molecule has 6 heteroatoms. The van der Waals surface area contributed by atoms with Crippen LogP contribution in [-0.4, -0.2) is 15.1 Å². The Kier molecular flexibility index (Phi) is 4.87. The van der Waals surface area contributed by atoms with E-state index in [0.717, 1.165) is 6.42 Å². The molecule has 0 fully saturated rings. The van der Waals surface area contributed by atoms with Crippen molar-refractivity contribution in [3.63, 3.8) is 0 Å². The van der Waals surface area contributed by atoms with Gasteiger partial charge in [-0.2, -0.15) is 0 Å². The highest BCUT2D eigenvalue weighted by atomic mass is 35.5. The first-order valence-corrected chi connectivity index (χ1v) is 4.52. The van der Waals surface area contributed by atoms with Gasteiger partial charge in [-0.1, -0.05) is 13.8 Å². The number of hydrogen-bond acceptors (Lipinski definition) is 3. The lowest BCUT2D eigenvalue weighted by Gasteiger charge is -2.08. The number of aromatic nitrogens is 2. The predicted octanol–water partition coefficient (Wildman–Crippen LogP) is 2.07. The van der Waals surface area contributed by atoms with Crippen molar-refractivity contribution in [2.24, 2.45) is 0 Å². The zero-order valence-electron chi connectivity index (χ0n) is 7.96. The first kappa shape index (κ1) is 13.2. The van der Waals surface area contributed by atoms with Crippen molar-refractivity contribution in [1.29, 1.82) is 0 Å². The normalized spacial score (nSPS) is 11.9. The van der Waals surface area contributed by atoms with Crippen LogP contribution in [-0.2, 0) is 0 Å². The lowest BCUT2D eigenvalue weighted by atomic mass is 10.0. The molecule has 14 heavy (non-hydrogen) atoms. The fourth-order valence-electron chi connectivity index (χ4n) is 1.15. The second-order valence-corrected chi connectivity index (χ2v) is 3.39. The number of halogens is 1. The summed E-state index contributed by atoms with van der Waals surface area (Å²) in [5.41, 5.74) is 0.0618. The SMILES string of the molecule is CCC(C)c1c(O)[nH]c(=S)[nH]c1=O.Cl. The van der Waals surface area contributed by atoms with Gasteiger partial charge >= 0.3 is 0 Å². The van der Waals surface area contributed by atoms with Crippen LogP contribution in [0.4, 0.5) is 0 Å². The number of nitrogens with one attached hydrogen (secondary N) is 2. The molecule has 1 aromatic heterocycles. The highest BCUT2D eigenvalue weighted by molar-refractivity contribution is 7.71. The van der Waals surface area contributed by atoms with Gasteiger partial charge in [-0.15, -0.1) is 12.4 Å². The molecule has 0 aromatic carbocycles. The Morgan fingerprint density at radius 1 is 1.50 bits per heavy atom. The highest BCUT2D eigenvalue weighted by Gasteiger charge is 2.13. The van der Waals surface area contributed by atoms with Gasteiger partial charge in [0, 0.05) is 0 Å². The van der Waals surface area contributed by atoms with Crippen LogP contribution in [0.3, 0.4) is 0 Å². The maximum Gasteiger partial charge on any atom is 0.258 e. The zero-order valence-corrected chi connectivity index (χ0v) is 9.59. The molecule has 0 amide bonds. The Bertz CT molecular complexity index is 413. The highest BCUT2D eigenvalue weighted by Crippen LogP contribution is 2.21. The summed E-state index contributed by atoms with van der Waals surface area (Å²) in [7, 11) is 0. The van der Waals surface area contributed by atoms with E-state index >= 15 is 0 Å². The van der Waals surface area contributed by atoms with E-state index in [1.54, 1.807) is 0 Å². The Morgan fingerprint density at radius 3 is 2.50 bits per heavy atom. The third kappa shape index (κ3) is 2.59. The lowest BCUT2D eigenvalue weighted by molar-refractivity contribution is 0.435. The topological polar surface area (TPSA) is 68.9 Å². The van der Waals surface area contributed by atoms with Gasteiger partial charge < -0.3 is 10.1 Å². The average molecular weight is 237 g/mol. The van der Waals surface area contributed by atoms with Crippen LogP contribution in [0, 0.1) is 4.77 Å². The van der Waals surface area contributed by atoms with Gasteiger partial charge in [0.05, 0.1) is 5.56 Å². The van der Waals surface area contributed by atoms with Crippen LogP contribution >= 0.6 is 24.6 Å². The third-order valence-electron chi connectivity index (χ3n) is 2.06. The summed E-state index contributed by atoms with van der Waals surface area (Å²) in [5, 5.41) is 9.43. The quantitative estimate of drug-likeness (QED) is 0.689. The van der Waals surface area contributed by atoms with Crippen LogP contribution in [0.2, 0.25) is 0 Å². The first-order valence-electron chi connectivity index (χ1n) is 4.11. The average Bonchev–Trinajstić information content (AvgIpc) is 2.02. The summed E-state index contributed by atoms with van der Waals surface area (Å²) in [4.78, 5) is 16.3. The van der Waals surface area contributed by atoms with Crippen LogP contribution in [0.25, 0.3) is 0 Å². The van der Waals surface area contributed by atoms with Crippen molar-refractivity contribution in [3.05, 3.63) is 20.7 Å². The largest absolute Gasteiger partial charge is 0.494 e. The number of aromatic hydroxyl groups is 1. The number of H-pyrrole nitrogens is 2. The maximum absolute atomic E-state index is 11.4. The van der Waals surface area contributed by atoms with Crippen LogP contribution in [0.5, 0.6) is 5.88 Å². The molecule has 0 bridgehead atoms. The van der Waals surface area contributed by atoms with Gasteiger partial charge in [0.2, 0.25) is 0 Å². The summed E-state index contributed by atoms with van der Waals surface area (Å²) in [6.07, 6.45) is 0.793. The van der Waals surface area contributed by atoms with Gasteiger partial charge in [-0.3, -0.25) is 9.78 Å². The molecular formula is C8H13ClN2O2S. The molecule has 80 valence electrons. The number of rotatable bonds is 2. The smallest absolute Gasteiger partial charge is 0.258 e. The Hall–Kier alpha value is -0.810. The molecular weight excluding hydrogens is 224 g/mol. The van der Waals surface area contributed by atoms with E-state index in [1.165, 1.54) is 0 Å². The van der Waals surface area contributed by atoms with E-state index in [0.29, 0.717) is 5.56 Å². The van der Waals surface area contributed by atoms with Crippen molar-refractivity contribution >= 4 is 24.6 Å². The van der Waals surface area contributed by atoms with Crippen molar-refractivity contribution in [1.82, 2.24) is 9.97 Å². The Balaban J connectivity index is 0.00000169.